The van der Waals surface area contributed by atoms with Crippen LogP contribution in [0.25, 0.3) is 0 Å². The molecule has 2 rings (SSSR count). The highest BCUT2D eigenvalue weighted by atomic mass is 16.5. The van der Waals surface area contributed by atoms with Crippen LogP contribution in [0.5, 0.6) is 5.75 Å². The van der Waals surface area contributed by atoms with E-state index in [0.717, 1.165) is 55.1 Å². The van der Waals surface area contributed by atoms with Crippen LogP contribution in [0.2, 0.25) is 0 Å². The SMILES string of the molecule is CCOCCCNC(=NCc1nnc(C)n1C)NCC(C)Oc1ccccc1C. The second-order valence-electron chi connectivity index (χ2n) is 6.94. The predicted molar refractivity (Wildman–Crippen MR) is 115 cm³/mol. The third kappa shape index (κ3) is 7.73. The molecular formula is C21H34N6O2. The summed E-state index contributed by atoms with van der Waals surface area (Å²) in [5, 5.41) is 15.0. The van der Waals surface area contributed by atoms with Crippen molar-refractivity contribution in [3.8, 4) is 5.75 Å². The molecule has 0 fully saturated rings. The Balaban J connectivity index is 1.91. The van der Waals surface area contributed by atoms with E-state index in [1.807, 2.05) is 63.6 Å². The number of ether oxygens (including phenoxy) is 2. The summed E-state index contributed by atoms with van der Waals surface area (Å²) in [6.45, 7) is 11.3. The monoisotopic (exact) mass is 402 g/mol. The number of hydrogen-bond donors (Lipinski definition) is 2. The maximum absolute atomic E-state index is 6.05. The summed E-state index contributed by atoms with van der Waals surface area (Å²) in [5.74, 6) is 3.32. The molecule has 1 heterocycles. The molecule has 8 heteroatoms. The molecule has 8 nitrogen and oxygen atoms in total. The number of para-hydroxylation sites is 1. The lowest BCUT2D eigenvalue weighted by Gasteiger charge is -2.19. The Kier molecular flexibility index (Phi) is 9.43. The lowest BCUT2D eigenvalue weighted by molar-refractivity contribution is 0.145. The number of nitrogens with zero attached hydrogens (tertiary/aromatic N) is 4. The summed E-state index contributed by atoms with van der Waals surface area (Å²) in [4.78, 5) is 4.66. The lowest BCUT2D eigenvalue weighted by Crippen LogP contribution is -2.42. The molecule has 1 aromatic carbocycles. The van der Waals surface area contributed by atoms with Gasteiger partial charge in [-0.05, 0) is 45.7 Å². The first kappa shape index (κ1) is 22.7. The van der Waals surface area contributed by atoms with E-state index in [2.05, 4.69) is 25.8 Å². The number of benzene rings is 1. The van der Waals surface area contributed by atoms with Gasteiger partial charge in [-0.25, -0.2) is 4.99 Å². The van der Waals surface area contributed by atoms with Gasteiger partial charge in [0.1, 0.15) is 24.2 Å². The summed E-state index contributed by atoms with van der Waals surface area (Å²) < 4.78 is 13.4. The van der Waals surface area contributed by atoms with Crippen LogP contribution in [0.4, 0.5) is 0 Å². The second-order valence-corrected chi connectivity index (χ2v) is 6.94. The Morgan fingerprint density at radius 2 is 2.00 bits per heavy atom. The molecule has 0 bridgehead atoms. The summed E-state index contributed by atoms with van der Waals surface area (Å²) >= 11 is 0. The zero-order chi connectivity index (χ0) is 21.1. The van der Waals surface area contributed by atoms with Gasteiger partial charge in [0.2, 0.25) is 0 Å². The zero-order valence-electron chi connectivity index (χ0n) is 18.2. The molecule has 1 atom stereocenters. The molecule has 2 aromatic rings. The van der Waals surface area contributed by atoms with Gasteiger partial charge in [0.05, 0.1) is 6.54 Å². The van der Waals surface area contributed by atoms with Gasteiger partial charge in [0.25, 0.3) is 0 Å². The van der Waals surface area contributed by atoms with Crippen molar-refractivity contribution in [2.45, 2.75) is 46.8 Å². The van der Waals surface area contributed by atoms with Crippen molar-refractivity contribution in [1.82, 2.24) is 25.4 Å². The molecule has 160 valence electrons. The number of aromatic nitrogens is 3. The van der Waals surface area contributed by atoms with E-state index < -0.39 is 0 Å². The van der Waals surface area contributed by atoms with Gasteiger partial charge < -0.3 is 24.7 Å². The molecule has 0 saturated carbocycles. The zero-order valence-corrected chi connectivity index (χ0v) is 18.2. The van der Waals surface area contributed by atoms with E-state index >= 15 is 0 Å². The van der Waals surface area contributed by atoms with E-state index in [1.54, 1.807) is 0 Å². The van der Waals surface area contributed by atoms with Crippen LogP contribution in [-0.2, 0) is 18.3 Å². The molecule has 0 aliphatic carbocycles. The third-order valence-electron chi connectivity index (χ3n) is 4.50. The first-order valence-electron chi connectivity index (χ1n) is 10.2. The molecule has 2 N–H and O–H groups in total. The molecule has 29 heavy (non-hydrogen) atoms. The number of rotatable bonds is 11. The highest BCUT2D eigenvalue weighted by molar-refractivity contribution is 5.79. The molecular weight excluding hydrogens is 368 g/mol. The minimum atomic E-state index is -0.0106. The Morgan fingerprint density at radius 1 is 1.21 bits per heavy atom. The minimum absolute atomic E-state index is 0.0106. The van der Waals surface area contributed by atoms with Crippen molar-refractivity contribution >= 4 is 5.96 Å². The van der Waals surface area contributed by atoms with E-state index in [0.29, 0.717) is 13.1 Å². The fourth-order valence-corrected chi connectivity index (χ4v) is 2.63. The summed E-state index contributed by atoms with van der Waals surface area (Å²) in [5.41, 5.74) is 1.12. The van der Waals surface area contributed by atoms with Crippen molar-refractivity contribution in [2.75, 3.05) is 26.3 Å². The first-order chi connectivity index (χ1) is 14.0. The van der Waals surface area contributed by atoms with Gasteiger partial charge in [-0.3, -0.25) is 0 Å². The summed E-state index contributed by atoms with van der Waals surface area (Å²) in [6, 6.07) is 8.03. The fourth-order valence-electron chi connectivity index (χ4n) is 2.63. The molecule has 1 unspecified atom stereocenters. The third-order valence-corrected chi connectivity index (χ3v) is 4.50. The number of guanidine groups is 1. The molecule has 0 saturated heterocycles. The molecule has 0 aliphatic heterocycles. The lowest BCUT2D eigenvalue weighted by atomic mass is 10.2. The number of hydrogen-bond acceptors (Lipinski definition) is 5. The van der Waals surface area contributed by atoms with Crippen LogP contribution in [0.15, 0.2) is 29.3 Å². The van der Waals surface area contributed by atoms with Gasteiger partial charge in [0, 0.05) is 26.8 Å². The predicted octanol–water partition coefficient (Wildman–Crippen LogP) is 2.36. The van der Waals surface area contributed by atoms with E-state index in [4.69, 9.17) is 9.47 Å². The molecule has 1 aromatic heterocycles. The number of aryl methyl sites for hydroxylation is 2. The van der Waals surface area contributed by atoms with E-state index in [1.165, 1.54) is 0 Å². The van der Waals surface area contributed by atoms with Crippen molar-refractivity contribution in [2.24, 2.45) is 12.0 Å². The maximum atomic E-state index is 6.05. The normalized spacial score (nSPS) is 12.7. The fraction of sp³-hybridized carbons (Fsp3) is 0.571. The summed E-state index contributed by atoms with van der Waals surface area (Å²) in [7, 11) is 1.95. The highest BCUT2D eigenvalue weighted by Gasteiger charge is 2.09. The van der Waals surface area contributed by atoms with Crippen molar-refractivity contribution < 1.29 is 9.47 Å². The van der Waals surface area contributed by atoms with Crippen molar-refractivity contribution in [1.29, 1.82) is 0 Å². The van der Waals surface area contributed by atoms with Crippen LogP contribution in [0.3, 0.4) is 0 Å². The van der Waals surface area contributed by atoms with Crippen LogP contribution >= 0.6 is 0 Å². The van der Waals surface area contributed by atoms with Gasteiger partial charge in [-0.2, -0.15) is 0 Å². The quantitative estimate of drug-likeness (QED) is 0.341. The molecule has 0 amide bonds. The van der Waals surface area contributed by atoms with E-state index in [-0.39, 0.29) is 6.10 Å². The average molecular weight is 403 g/mol. The van der Waals surface area contributed by atoms with Gasteiger partial charge >= 0.3 is 0 Å². The molecule has 0 radical (unpaired) electrons. The van der Waals surface area contributed by atoms with Crippen LogP contribution < -0.4 is 15.4 Å². The Labute approximate surface area is 173 Å². The van der Waals surface area contributed by atoms with Crippen LogP contribution in [-0.4, -0.2) is 53.1 Å². The van der Waals surface area contributed by atoms with Crippen LogP contribution in [0.1, 0.15) is 37.5 Å². The Hall–Kier alpha value is -2.61. The number of nitrogens with one attached hydrogen (secondary N) is 2. The molecule has 0 spiro atoms. The smallest absolute Gasteiger partial charge is 0.191 e. The second kappa shape index (κ2) is 12.1. The average Bonchev–Trinajstić information content (AvgIpc) is 3.03. The standard InChI is InChI=1S/C21H34N6O2/c1-6-28-13-9-12-22-21(24-15-20-26-25-18(4)27(20)5)23-14-17(3)29-19-11-8-7-10-16(19)2/h7-8,10-11,17H,6,9,12-15H2,1-5H3,(H2,22,23,24). The largest absolute Gasteiger partial charge is 0.489 e. The van der Waals surface area contributed by atoms with Crippen LogP contribution in [0, 0.1) is 13.8 Å². The molecule has 0 aliphatic rings. The van der Waals surface area contributed by atoms with E-state index in [9.17, 15) is 0 Å². The maximum Gasteiger partial charge on any atom is 0.191 e. The highest BCUT2D eigenvalue weighted by Crippen LogP contribution is 2.17. The Morgan fingerprint density at radius 3 is 2.69 bits per heavy atom. The number of aliphatic imine (C=N–C) groups is 1. The van der Waals surface area contributed by atoms with Gasteiger partial charge in [-0.1, -0.05) is 18.2 Å². The Bertz CT molecular complexity index is 774. The minimum Gasteiger partial charge on any atom is -0.489 e. The van der Waals surface area contributed by atoms with Crippen molar-refractivity contribution in [3.05, 3.63) is 41.5 Å². The topological polar surface area (TPSA) is 85.6 Å². The summed E-state index contributed by atoms with van der Waals surface area (Å²) in [6.07, 6.45) is 0.899. The van der Waals surface area contributed by atoms with Gasteiger partial charge in [0.15, 0.2) is 11.8 Å². The first-order valence-corrected chi connectivity index (χ1v) is 10.2. The van der Waals surface area contributed by atoms with Gasteiger partial charge in [-0.15, -0.1) is 10.2 Å². The van der Waals surface area contributed by atoms with Crippen molar-refractivity contribution in [3.63, 3.8) is 0 Å².